The topological polar surface area (TPSA) is 15.6 Å². The molecule has 0 saturated heterocycles. The summed E-state index contributed by atoms with van der Waals surface area (Å²) in [6.07, 6.45) is 7.44. The lowest BCUT2D eigenvalue weighted by Gasteiger charge is -2.34. The number of aliphatic imine (C=N–C) groups is 1. The maximum atomic E-state index is 14.5. The molecule has 1 heterocycles. The van der Waals surface area contributed by atoms with Crippen molar-refractivity contribution in [3.63, 3.8) is 0 Å². The molecule has 0 saturated carbocycles. The van der Waals surface area contributed by atoms with E-state index >= 15 is 0 Å². The first kappa shape index (κ1) is 17.4. The normalized spacial score (nSPS) is 21.1. The number of rotatable bonds is 2. The van der Waals surface area contributed by atoms with Crippen molar-refractivity contribution in [1.82, 2.24) is 4.90 Å². The Balaban J connectivity index is 2.24. The maximum absolute atomic E-state index is 14.5. The third-order valence-corrected chi connectivity index (χ3v) is 4.66. The van der Waals surface area contributed by atoms with Gasteiger partial charge in [-0.25, -0.2) is 4.39 Å². The van der Waals surface area contributed by atoms with Gasteiger partial charge in [-0.3, -0.25) is 4.99 Å². The smallest absolute Gasteiger partial charge is 0.132 e. The number of hydrogen-bond donors (Lipinski definition) is 0. The van der Waals surface area contributed by atoms with Gasteiger partial charge in [0, 0.05) is 22.5 Å². The number of nitrogens with zero attached hydrogens (tertiary/aromatic N) is 2. The van der Waals surface area contributed by atoms with Crippen LogP contribution in [0.25, 0.3) is 0 Å². The minimum Gasteiger partial charge on any atom is -0.317 e. The fourth-order valence-corrected chi connectivity index (χ4v) is 3.42. The summed E-state index contributed by atoms with van der Waals surface area (Å²) in [5.74, 6) is -0.240. The number of benzene rings is 1. The highest BCUT2D eigenvalue weighted by molar-refractivity contribution is 6.16. The van der Waals surface area contributed by atoms with Gasteiger partial charge in [-0.05, 0) is 37.8 Å². The molecule has 2 nitrogen and oxygen atoms in total. The van der Waals surface area contributed by atoms with Crippen LogP contribution < -0.4 is 0 Å². The Hall–Kier alpha value is -2.42. The van der Waals surface area contributed by atoms with Crippen LogP contribution in [0.1, 0.15) is 39.7 Å². The largest absolute Gasteiger partial charge is 0.317 e. The van der Waals surface area contributed by atoms with Crippen LogP contribution in [0.2, 0.25) is 0 Å². The SMILES string of the molecule is C=C(C)N1C2=CCC(C)(C)C=C2C(c2ccccc2F)=NC/C1=C/C. The number of halogens is 1. The van der Waals surface area contributed by atoms with Gasteiger partial charge in [0.25, 0.3) is 0 Å². The van der Waals surface area contributed by atoms with Crippen molar-refractivity contribution in [1.29, 1.82) is 0 Å². The van der Waals surface area contributed by atoms with Gasteiger partial charge in [0.2, 0.25) is 0 Å². The van der Waals surface area contributed by atoms with Crippen molar-refractivity contribution in [2.45, 2.75) is 34.1 Å². The lowest BCUT2D eigenvalue weighted by molar-refractivity contribution is 0.456. The highest BCUT2D eigenvalue weighted by Crippen LogP contribution is 2.39. The maximum Gasteiger partial charge on any atom is 0.132 e. The summed E-state index contributed by atoms with van der Waals surface area (Å²) in [5, 5.41) is 0. The second-order valence-corrected chi connectivity index (χ2v) is 7.34. The molecule has 3 rings (SSSR count). The molecule has 0 unspecified atom stereocenters. The van der Waals surface area contributed by atoms with Crippen molar-refractivity contribution < 1.29 is 4.39 Å². The molecule has 0 fully saturated rings. The average molecular weight is 336 g/mol. The Morgan fingerprint density at radius 2 is 2.04 bits per heavy atom. The van der Waals surface area contributed by atoms with E-state index < -0.39 is 0 Å². The first-order chi connectivity index (χ1) is 11.8. The number of allylic oxidation sites excluding steroid dienone is 5. The Morgan fingerprint density at radius 3 is 2.68 bits per heavy atom. The first-order valence-electron chi connectivity index (χ1n) is 8.68. The Morgan fingerprint density at radius 1 is 1.32 bits per heavy atom. The van der Waals surface area contributed by atoms with Gasteiger partial charge in [-0.15, -0.1) is 0 Å². The molecule has 130 valence electrons. The summed E-state index contributed by atoms with van der Waals surface area (Å²) >= 11 is 0. The number of hydrogen-bond acceptors (Lipinski definition) is 2. The van der Waals surface area contributed by atoms with Crippen molar-refractivity contribution in [2.75, 3.05) is 6.54 Å². The van der Waals surface area contributed by atoms with E-state index in [1.807, 2.05) is 19.9 Å². The first-order valence-corrected chi connectivity index (χ1v) is 8.68. The van der Waals surface area contributed by atoms with E-state index in [9.17, 15) is 4.39 Å². The molecule has 1 aromatic rings. The van der Waals surface area contributed by atoms with Crippen LogP contribution in [0.3, 0.4) is 0 Å². The highest BCUT2D eigenvalue weighted by atomic mass is 19.1. The van der Waals surface area contributed by atoms with E-state index in [4.69, 9.17) is 4.99 Å². The summed E-state index contributed by atoms with van der Waals surface area (Å²) in [6.45, 7) is 13.0. The highest BCUT2D eigenvalue weighted by Gasteiger charge is 2.32. The van der Waals surface area contributed by atoms with E-state index in [-0.39, 0.29) is 11.2 Å². The molecule has 25 heavy (non-hydrogen) atoms. The van der Waals surface area contributed by atoms with Crippen LogP contribution in [0.4, 0.5) is 4.39 Å². The molecule has 3 heteroatoms. The van der Waals surface area contributed by atoms with Crippen LogP contribution in [0.5, 0.6) is 0 Å². The summed E-state index contributed by atoms with van der Waals surface area (Å²) in [4.78, 5) is 6.96. The minimum atomic E-state index is -0.240. The minimum absolute atomic E-state index is 0.00599. The fraction of sp³-hybridized carbons (Fsp3) is 0.318. The molecular weight excluding hydrogens is 311 g/mol. The van der Waals surface area contributed by atoms with Crippen LogP contribution >= 0.6 is 0 Å². The molecule has 0 bridgehead atoms. The van der Waals surface area contributed by atoms with Gasteiger partial charge in [-0.1, -0.05) is 50.8 Å². The molecule has 2 aliphatic rings. The van der Waals surface area contributed by atoms with E-state index in [0.29, 0.717) is 12.1 Å². The lowest BCUT2D eigenvalue weighted by Crippen LogP contribution is -2.27. The fourth-order valence-electron chi connectivity index (χ4n) is 3.42. The van der Waals surface area contributed by atoms with Crippen molar-refractivity contribution >= 4 is 5.71 Å². The third kappa shape index (κ3) is 3.23. The second kappa shape index (κ2) is 6.47. The van der Waals surface area contributed by atoms with E-state index in [2.05, 4.69) is 43.6 Å². The Labute approximate surface area is 149 Å². The van der Waals surface area contributed by atoms with E-state index in [1.54, 1.807) is 12.1 Å². The van der Waals surface area contributed by atoms with Gasteiger partial charge >= 0.3 is 0 Å². The molecular formula is C22H25FN2. The predicted molar refractivity (Wildman–Crippen MR) is 103 cm³/mol. The molecule has 1 aromatic carbocycles. The molecule has 0 N–H and O–H groups in total. The molecule has 0 atom stereocenters. The van der Waals surface area contributed by atoms with Crippen LogP contribution in [0.15, 0.2) is 76.7 Å². The van der Waals surface area contributed by atoms with E-state index in [1.165, 1.54) is 6.07 Å². The molecule has 0 spiro atoms. The molecule has 1 aliphatic heterocycles. The van der Waals surface area contributed by atoms with Gasteiger partial charge in [-0.2, -0.15) is 0 Å². The summed E-state index contributed by atoms with van der Waals surface area (Å²) in [7, 11) is 0. The molecule has 0 radical (unpaired) electrons. The number of fused-ring (bicyclic) bond motifs is 1. The van der Waals surface area contributed by atoms with Gasteiger partial charge < -0.3 is 4.90 Å². The van der Waals surface area contributed by atoms with Gasteiger partial charge in [0.05, 0.1) is 18.0 Å². The summed E-state index contributed by atoms with van der Waals surface area (Å²) in [6, 6.07) is 6.87. The zero-order chi connectivity index (χ0) is 18.2. The van der Waals surface area contributed by atoms with Gasteiger partial charge in [0.15, 0.2) is 0 Å². The molecule has 0 aromatic heterocycles. The van der Waals surface area contributed by atoms with Crippen LogP contribution in [-0.4, -0.2) is 17.2 Å². The standard InChI is InChI=1S/C22H25FN2/c1-6-16-14-24-21(17-9-7-8-10-19(17)23)18-13-22(4,5)12-11-20(18)25(16)15(2)3/h6-11,13H,2,12,14H2,1,3-5H3/b16-6-. The lowest BCUT2D eigenvalue weighted by atomic mass is 9.79. The predicted octanol–water partition coefficient (Wildman–Crippen LogP) is 5.61. The summed E-state index contributed by atoms with van der Waals surface area (Å²) in [5.41, 5.74) is 5.33. The average Bonchev–Trinajstić information content (AvgIpc) is 2.70. The van der Waals surface area contributed by atoms with Crippen molar-refractivity contribution in [3.8, 4) is 0 Å². The van der Waals surface area contributed by atoms with Crippen LogP contribution in [-0.2, 0) is 0 Å². The van der Waals surface area contributed by atoms with Crippen LogP contribution in [0, 0.1) is 11.2 Å². The second-order valence-electron chi connectivity index (χ2n) is 7.34. The summed E-state index contributed by atoms with van der Waals surface area (Å²) < 4.78 is 14.5. The third-order valence-electron chi connectivity index (χ3n) is 4.66. The Bertz CT molecular complexity index is 837. The zero-order valence-electron chi connectivity index (χ0n) is 15.4. The van der Waals surface area contributed by atoms with Gasteiger partial charge in [0.1, 0.15) is 5.82 Å². The molecule has 1 aliphatic carbocycles. The van der Waals surface area contributed by atoms with Crippen molar-refractivity contribution in [2.24, 2.45) is 10.4 Å². The Kier molecular flexibility index (Phi) is 4.51. The monoisotopic (exact) mass is 336 g/mol. The van der Waals surface area contributed by atoms with Crippen molar-refractivity contribution in [3.05, 3.63) is 83.1 Å². The quantitative estimate of drug-likeness (QED) is 0.685. The molecule has 0 amide bonds. The van der Waals surface area contributed by atoms with E-state index in [0.717, 1.165) is 34.8 Å². The zero-order valence-corrected chi connectivity index (χ0v) is 15.4.